The number of rotatable bonds is 7. The number of nitrogens with zero attached hydrogens (tertiary/aromatic N) is 1. The van der Waals surface area contributed by atoms with Crippen LogP contribution in [0.1, 0.15) is 23.5 Å². The molecule has 7 heteroatoms. The minimum Gasteiger partial charge on any atom is -0.490 e. The first-order valence-electron chi connectivity index (χ1n) is 6.44. The van der Waals surface area contributed by atoms with Crippen molar-refractivity contribution in [1.29, 1.82) is 0 Å². The molecule has 114 valence electrons. The second kappa shape index (κ2) is 7.33. The van der Waals surface area contributed by atoms with Crippen LogP contribution in [-0.2, 0) is 0 Å². The van der Waals surface area contributed by atoms with Gasteiger partial charge in [-0.2, -0.15) is 8.78 Å². The van der Waals surface area contributed by atoms with Crippen LogP contribution in [0.5, 0.6) is 11.5 Å². The van der Waals surface area contributed by atoms with E-state index in [0.717, 1.165) is 10.6 Å². The Bertz CT molecular complexity index is 564. The van der Waals surface area contributed by atoms with E-state index < -0.39 is 6.61 Å². The van der Waals surface area contributed by atoms with Crippen molar-refractivity contribution in [2.75, 3.05) is 13.7 Å². The summed E-state index contributed by atoms with van der Waals surface area (Å²) in [4.78, 5) is 4.27. The normalized spacial score (nSPS) is 12.4. The molecular formula is C14H16F2N2O2S. The third-order valence-electron chi connectivity index (χ3n) is 2.80. The van der Waals surface area contributed by atoms with E-state index in [9.17, 15) is 8.78 Å². The lowest BCUT2D eigenvalue weighted by Gasteiger charge is -2.17. The molecule has 0 saturated carbocycles. The number of hydrogen-bond acceptors (Lipinski definition) is 5. The van der Waals surface area contributed by atoms with Crippen molar-refractivity contribution in [2.24, 2.45) is 0 Å². The smallest absolute Gasteiger partial charge is 0.387 e. The van der Waals surface area contributed by atoms with Gasteiger partial charge in [0.25, 0.3) is 0 Å². The van der Waals surface area contributed by atoms with Gasteiger partial charge in [0.05, 0.1) is 12.6 Å². The summed E-state index contributed by atoms with van der Waals surface area (Å²) in [5.74, 6) is 0.330. The highest BCUT2D eigenvalue weighted by atomic mass is 32.1. The minimum atomic E-state index is -2.88. The maximum absolute atomic E-state index is 12.4. The van der Waals surface area contributed by atoms with E-state index in [2.05, 4.69) is 15.0 Å². The second-order valence-corrected chi connectivity index (χ2v) is 5.04. The Morgan fingerprint density at radius 2 is 2.14 bits per heavy atom. The van der Waals surface area contributed by atoms with E-state index >= 15 is 0 Å². The van der Waals surface area contributed by atoms with Crippen LogP contribution < -0.4 is 14.8 Å². The van der Waals surface area contributed by atoms with Crippen LogP contribution in [-0.4, -0.2) is 25.3 Å². The van der Waals surface area contributed by atoms with Crippen molar-refractivity contribution in [1.82, 2.24) is 10.3 Å². The average Bonchev–Trinajstić information content (AvgIpc) is 2.96. The van der Waals surface area contributed by atoms with Crippen LogP contribution in [0.2, 0.25) is 0 Å². The Labute approximate surface area is 125 Å². The van der Waals surface area contributed by atoms with E-state index in [0.29, 0.717) is 12.4 Å². The van der Waals surface area contributed by atoms with E-state index in [4.69, 9.17) is 4.74 Å². The fourth-order valence-corrected chi connectivity index (χ4v) is 2.75. The van der Waals surface area contributed by atoms with Gasteiger partial charge in [0.1, 0.15) is 5.01 Å². The lowest BCUT2D eigenvalue weighted by molar-refractivity contribution is -0.0514. The number of aromatic nitrogens is 1. The molecule has 1 unspecified atom stereocenters. The predicted octanol–water partition coefficient (Wildman–Crippen LogP) is 3.45. The molecule has 0 saturated heterocycles. The Balaban J connectivity index is 2.33. The Morgan fingerprint density at radius 1 is 1.33 bits per heavy atom. The fraction of sp³-hybridized carbons (Fsp3) is 0.357. The molecule has 0 bridgehead atoms. The van der Waals surface area contributed by atoms with E-state index in [1.54, 1.807) is 25.3 Å². The molecule has 0 spiro atoms. The van der Waals surface area contributed by atoms with Crippen molar-refractivity contribution >= 4 is 11.3 Å². The maximum Gasteiger partial charge on any atom is 0.387 e. The summed E-state index contributed by atoms with van der Waals surface area (Å²) in [6, 6.07) is 4.79. The number of benzene rings is 1. The molecule has 2 rings (SSSR count). The third-order valence-corrected chi connectivity index (χ3v) is 3.64. The quantitative estimate of drug-likeness (QED) is 0.850. The molecule has 0 aliphatic carbocycles. The first-order chi connectivity index (χ1) is 10.2. The standard InChI is InChI=1S/C14H16F2N2O2S/c1-3-19-11-8-9(4-5-10(11)20-14(15)16)12(17-2)13-18-6-7-21-13/h4-8,12,14,17H,3H2,1-2H3. The van der Waals surface area contributed by atoms with Crippen LogP contribution in [0, 0.1) is 0 Å². The molecule has 0 radical (unpaired) electrons. The van der Waals surface area contributed by atoms with Gasteiger partial charge in [0, 0.05) is 11.6 Å². The zero-order valence-electron chi connectivity index (χ0n) is 11.7. The minimum absolute atomic E-state index is 0.0320. The molecule has 0 aliphatic rings. The van der Waals surface area contributed by atoms with Crippen molar-refractivity contribution in [3.05, 3.63) is 40.3 Å². The van der Waals surface area contributed by atoms with Crippen LogP contribution >= 0.6 is 11.3 Å². The van der Waals surface area contributed by atoms with E-state index in [1.165, 1.54) is 17.4 Å². The van der Waals surface area contributed by atoms with Crippen LogP contribution in [0.25, 0.3) is 0 Å². The lowest BCUT2D eigenvalue weighted by atomic mass is 10.1. The van der Waals surface area contributed by atoms with Crippen molar-refractivity contribution in [3.63, 3.8) is 0 Å². The molecule has 2 aromatic rings. The summed E-state index contributed by atoms with van der Waals surface area (Å²) >= 11 is 1.52. The lowest BCUT2D eigenvalue weighted by Crippen LogP contribution is -2.17. The van der Waals surface area contributed by atoms with Gasteiger partial charge in [-0.3, -0.25) is 0 Å². The molecule has 1 aromatic heterocycles. The Hall–Kier alpha value is -1.73. The van der Waals surface area contributed by atoms with Crippen molar-refractivity contribution in [3.8, 4) is 11.5 Å². The van der Waals surface area contributed by atoms with Gasteiger partial charge in [-0.05, 0) is 31.7 Å². The average molecular weight is 314 g/mol. The van der Waals surface area contributed by atoms with Gasteiger partial charge >= 0.3 is 6.61 Å². The van der Waals surface area contributed by atoms with Crippen LogP contribution in [0.3, 0.4) is 0 Å². The molecule has 1 aromatic carbocycles. The first kappa shape index (κ1) is 15.7. The Kier molecular flexibility index (Phi) is 5.46. The monoisotopic (exact) mass is 314 g/mol. The number of halogens is 2. The van der Waals surface area contributed by atoms with E-state index in [1.807, 2.05) is 12.4 Å². The van der Waals surface area contributed by atoms with Crippen LogP contribution in [0.15, 0.2) is 29.8 Å². The summed E-state index contributed by atoms with van der Waals surface area (Å²) < 4.78 is 34.6. The van der Waals surface area contributed by atoms with Gasteiger partial charge in [-0.15, -0.1) is 11.3 Å². The van der Waals surface area contributed by atoms with Gasteiger partial charge in [-0.25, -0.2) is 4.98 Å². The molecule has 1 atom stereocenters. The first-order valence-corrected chi connectivity index (χ1v) is 7.31. The summed E-state index contributed by atoms with van der Waals surface area (Å²) in [5.41, 5.74) is 0.873. The molecule has 4 nitrogen and oxygen atoms in total. The summed E-state index contributed by atoms with van der Waals surface area (Å²) in [5, 5.41) is 5.93. The molecule has 1 heterocycles. The molecule has 0 aliphatic heterocycles. The highest BCUT2D eigenvalue weighted by Crippen LogP contribution is 2.33. The summed E-state index contributed by atoms with van der Waals surface area (Å²) in [6.07, 6.45) is 1.72. The summed E-state index contributed by atoms with van der Waals surface area (Å²) in [7, 11) is 1.82. The number of alkyl halides is 2. The van der Waals surface area contributed by atoms with Crippen molar-refractivity contribution in [2.45, 2.75) is 19.6 Å². The van der Waals surface area contributed by atoms with E-state index in [-0.39, 0.29) is 11.8 Å². The molecular weight excluding hydrogens is 298 g/mol. The highest BCUT2D eigenvalue weighted by molar-refractivity contribution is 7.09. The molecule has 1 N–H and O–H groups in total. The molecule has 21 heavy (non-hydrogen) atoms. The SMILES string of the molecule is CCOc1cc(C(NC)c2nccs2)ccc1OC(F)F. The number of hydrogen-bond donors (Lipinski definition) is 1. The largest absolute Gasteiger partial charge is 0.490 e. The number of thiazole rings is 1. The van der Waals surface area contributed by atoms with Gasteiger partial charge < -0.3 is 14.8 Å². The number of ether oxygens (including phenoxy) is 2. The van der Waals surface area contributed by atoms with Crippen LogP contribution in [0.4, 0.5) is 8.78 Å². The second-order valence-electron chi connectivity index (χ2n) is 4.11. The Morgan fingerprint density at radius 3 is 2.71 bits per heavy atom. The summed E-state index contributed by atoms with van der Waals surface area (Å²) in [6.45, 7) is -0.728. The molecule has 0 amide bonds. The van der Waals surface area contributed by atoms with Crippen molar-refractivity contribution < 1.29 is 18.3 Å². The van der Waals surface area contributed by atoms with Gasteiger partial charge in [0.2, 0.25) is 0 Å². The molecule has 0 fully saturated rings. The predicted molar refractivity (Wildman–Crippen MR) is 77.3 cm³/mol. The maximum atomic E-state index is 12.4. The zero-order valence-corrected chi connectivity index (χ0v) is 12.5. The third kappa shape index (κ3) is 3.89. The highest BCUT2D eigenvalue weighted by Gasteiger charge is 2.18. The van der Waals surface area contributed by atoms with Gasteiger partial charge in [0.15, 0.2) is 11.5 Å². The number of nitrogens with one attached hydrogen (secondary N) is 1. The fourth-order valence-electron chi connectivity index (χ4n) is 1.98. The topological polar surface area (TPSA) is 43.4 Å². The van der Waals surface area contributed by atoms with Gasteiger partial charge in [-0.1, -0.05) is 6.07 Å². The zero-order chi connectivity index (χ0) is 15.2.